The van der Waals surface area contributed by atoms with Gasteiger partial charge in [-0.25, -0.2) is 9.37 Å². The van der Waals surface area contributed by atoms with E-state index in [0.717, 1.165) is 37.6 Å². The number of ether oxygens (including phenoxy) is 1. The molecule has 2 heterocycles. The van der Waals surface area contributed by atoms with Gasteiger partial charge in [0.05, 0.1) is 7.11 Å². The molecule has 6 nitrogen and oxygen atoms in total. The maximum absolute atomic E-state index is 14.0. The van der Waals surface area contributed by atoms with Crippen LogP contribution in [0.2, 0.25) is 0 Å². The lowest BCUT2D eigenvalue weighted by atomic mass is 10.1. The van der Waals surface area contributed by atoms with E-state index in [9.17, 15) is 4.39 Å². The van der Waals surface area contributed by atoms with Gasteiger partial charge in [-0.15, -0.1) is 0 Å². The number of rotatable bonds is 7. The van der Waals surface area contributed by atoms with Crippen LogP contribution in [0.5, 0.6) is 5.75 Å². The SMILES string of the molecule is CCNC(=NCCc1cccc(OC)c1)NC1CCN(c2ncccc2F)C1. The Bertz CT molecular complexity index is 798. The molecule has 1 aliphatic rings. The van der Waals surface area contributed by atoms with Crippen molar-refractivity contribution in [1.82, 2.24) is 15.6 Å². The molecule has 1 unspecified atom stereocenters. The topological polar surface area (TPSA) is 61.8 Å². The van der Waals surface area contributed by atoms with Gasteiger partial charge in [-0.2, -0.15) is 0 Å². The number of methoxy groups -OCH3 is 1. The summed E-state index contributed by atoms with van der Waals surface area (Å²) < 4.78 is 19.2. The lowest BCUT2D eigenvalue weighted by Gasteiger charge is -2.20. The summed E-state index contributed by atoms with van der Waals surface area (Å²) in [5.74, 6) is 1.80. The van der Waals surface area contributed by atoms with Crippen molar-refractivity contribution in [3.05, 3.63) is 54.0 Å². The van der Waals surface area contributed by atoms with Gasteiger partial charge in [-0.1, -0.05) is 12.1 Å². The second kappa shape index (κ2) is 9.92. The zero-order chi connectivity index (χ0) is 19.8. The van der Waals surface area contributed by atoms with E-state index >= 15 is 0 Å². The van der Waals surface area contributed by atoms with Crippen molar-refractivity contribution in [3.8, 4) is 5.75 Å². The fraction of sp³-hybridized carbons (Fsp3) is 0.429. The Kier molecular flexibility index (Phi) is 7.06. The molecular formula is C21H28FN5O. The summed E-state index contributed by atoms with van der Waals surface area (Å²) in [7, 11) is 1.67. The van der Waals surface area contributed by atoms with Gasteiger partial charge in [0.25, 0.3) is 0 Å². The predicted molar refractivity (Wildman–Crippen MR) is 111 cm³/mol. The highest BCUT2D eigenvalue weighted by atomic mass is 19.1. The van der Waals surface area contributed by atoms with Crippen molar-refractivity contribution in [1.29, 1.82) is 0 Å². The van der Waals surface area contributed by atoms with Gasteiger partial charge in [-0.3, -0.25) is 4.99 Å². The molecule has 28 heavy (non-hydrogen) atoms. The highest BCUT2D eigenvalue weighted by Crippen LogP contribution is 2.20. The minimum Gasteiger partial charge on any atom is -0.497 e. The number of aromatic nitrogens is 1. The first kappa shape index (κ1) is 19.9. The fourth-order valence-electron chi connectivity index (χ4n) is 3.32. The van der Waals surface area contributed by atoms with Gasteiger partial charge >= 0.3 is 0 Å². The summed E-state index contributed by atoms with van der Waals surface area (Å²) in [6, 6.07) is 11.3. The second-order valence-corrected chi connectivity index (χ2v) is 6.75. The van der Waals surface area contributed by atoms with Crippen LogP contribution in [0.4, 0.5) is 10.2 Å². The smallest absolute Gasteiger partial charge is 0.191 e. The maximum Gasteiger partial charge on any atom is 0.191 e. The van der Waals surface area contributed by atoms with Gasteiger partial charge in [0.2, 0.25) is 0 Å². The van der Waals surface area contributed by atoms with Crippen molar-refractivity contribution in [3.63, 3.8) is 0 Å². The van der Waals surface area contributed by atoms with Crippen LogP contribution in [0, 0.1) is 5.82 Å². The number of aliphatic imine (C=N–C) groups is 1. The highest BCUT2D eigenvalue weighted by Gasteiger charge is 2.25. The average Bonchev–Trinajstić information content (AvgIpc) is 3.17. The molecule has 1 aromatic heterocycles. The number of halogens is 1. The molecule has 0 aliphatic carbocycles. The molecule has 0 saturated carbocycles. The lowest BCUT2D eigenvalue weighted by molar-refractivity contribution is 0.414. The molecule has 0 amide bonds. The zero-order valence-corrected chi connectivity index (χ0v) is 16.5. The van der Waals surface area contributed by atoms with Gasteiger partial charge in [0.15, 0.2) is 17.6 Å². The number of nitrogens with one attached hydrogen (secondary N) is 2. The van der Waals surface area contributed by atoms with Crippen LogP contribution in [0.15, 0.2) is 47.6 Å². The Labute approximate surface area is 165 Å². The van der Waals surface area contributed by atoms with Crippen LogP contribution in [0.25, 0.3) is 0 Å². The van der Waals surface area contributed by atoms with Crippen molar-refractivity contribution in [2.75, 3.05) is 38.2 Å². The Balaban J connectivity index is 1.55. The van der Waals surface area contributed by atoms with E-state index in [1.54, 1.807) is 19.4 Å². The van der Waals surface area contributed by atoms with E-state index in [0.29, 0.717) is 18.9 Å². The van der Waals surface area contributed by atoms with Crippen molar-refractivity contribution in [2.24, 2.45) is 4.99 Å². The van der Waals surface area contributed by atoms with E-state index in [2.05, 4.69) is 26.7 Å². The Hall–Kier alpha value is -2.83. The third-order valence-corrected chi connectivity index (χ3v) is 4.72. The van der Waals surface area contributed by atoms with Crippen LogP contribution in [0.3, 0.4) is 0 Å². The van der Waals surface area contributed by atoms with Gasteiger partial charge < -0.3 is 20.3 Å². The van der Waals surface area contributed by atoms with E-state index in [1.807, 2.05) is 30.0 Å². The first-order valence-electron chi connectivity index (χ1n) is 9.73. The number of guanidine groups is 1. The molecule has 150 valence electrons. The normalized spacial score (nSPS) is 16.9. The Morgan fingerprint density at radius 2 is 2.25 bits per heavy atom. The highest BCUT2D eigenvalue weighted by molar-refractivity contribution is 5.80. The lowest BCUT2D eigenvalue weighted by Crippen LogP contribution is -2.44. The molecule has 0 radical (unpaired) electrons. The molecule has 2 aromatic rings. The Morgan fingerprint density at radius 1 is 1.36 bits per heavy atom. The number of hydrogen-bond donors (Lipinski definition) is 2. The minimum absolute atomic E-state index is 0.205. The number of pyridine rings is 1. The summed E-state index contributed by atoms with van der Waals surface area (Å²) in [6.45, 7) is 4.98. The van der Waals surface area contributed by atoms with Crippen LogP contribution >= 0.6 is 0 Å². The Morgan fingerprint density at radius 3 is 3.04 bits per heavy atom. The largest absolute Gasteiger partial charge is 0.497 e. The molecule has 0 spiro atoms. The number of nitrogens with zero attached hydrogens (tertiary/aromatic N) is 3. The minimum atomic E-state index is -0.276. The van der Waals surface area contributed by atoms with E-state index < -0.39 is 0 Å². The quantitative estimate of drug-likeness (QED) is 0.567. The predicted octanol–water partition coefficient (Wildman–Crippen LogP) is 2.61. The summed E-state index contributed by atoms with van der Waals surface area (Å²) in [5.41, 5.74) is 1.19. The average molecular weight is 385 g/mol. The summed E-state index contributed by atoms with van der Waals surface area (Å²) in [5, 5.41) is 6.76. The number of hydrogen-bond acceptors (Lipinski definition) is 4. The van der Waals surface area contributed by atoms with Crippen molar-refractivity contribution in [2.45, 2.75) is 25.8 Å². The van der Waals surface area contributed by atoms with Gasteiger partial charge in [-0.05, 0) is 49.6 Å². The van der Waals surface area contributed by atoms with Crippen LogP contribution in [-0.4, -0.2) is 50.3 Å². The summed E-state index contributed by atoms with van der Waals surface area (Å²) >= 11 is 0. The van der Waals surface area contributed by atoms with Crippen molar-refractivity contribution < 1.29 is 9.13 Å². The van der Waals surface area contributed by atoms with Gasteiger partial charge in [0.1, 0.15) is 5.75 Å². The number of benzene rings is 1. The number of anilines is 1. The van der Waals surface area contributed by atoms with E-state index in [-0.39, 0.29) is 11.9 Å². The molecule has 1 atom stereocenters. The maximum atomic E-state index is 14.0. The second-order valence-electron chi connectivity index (χ2n) is 6.75. The molecule has 3 rings (SSSR count). The summed E-state index contributed by atoms with van der Waals surface area (Å²) in [4.78, 5) is 10.8. The molecule has 1 aromatic carbocycles. The van der Waals surface area contributed by atoms with Crippen LogP contribution in [-0.2, 0) is 6.42 Å². The first-order valence-corrected chi connectivity index (χ1v) is 9.73. The van der Waals surface area contributed by atoms with E-state index in [4.69, 9.17) is 4.74 Å². The molecule has 1 aliphatic heterocycles. The van der Waals surface area contributed by atoms with Crippen LogP contribution < -0.4 is 20.3 Å². The summed E-state index contributed by atoms with van der Waals surface area (Å²) in [6.07, 6.45) is 3.38. The zero-order valence-electron chi connectivity index (χ0n) is 16.5. The first-order chi connectivity index (χ1) is 13.7. The van der Waals surface area contributed by atoms with Gasteiger partial charge in [0, 0.05) is 38.4 Å². The van der Waals surface area contributed by atoms with Crippen LogP contribution in [0.1, 0.15) is 18.9 Å². The third-order valence-electron chi connectivity index (χ3n) is 4.72. The molecule has 2 N–H and O–H groups in total. The fourth-order valence-corrected chi connectivity index (χ4v) is 3.32. The molecule has 1 saturated heterocycles. The molecular weight excluding hydrogens is 357 g/mol. The van der Waals surface area contributed by atoms with Crippen molar-refractivity contribution >= 4 is 11.8 Å². The molecule has 1 fully saturated rings. The third kappa shape index (κ3) is 5.34. The van der Waals surface area contributed by atoms with E-state index in [1.165, 1.54) is 11.6 Å². The monoisotopic (exact) mass is 385 g/mol. The standard InChI is InChI=1S/C21H28FN5O/c1-3-23-21(25-12-9-16-6-4-7-18(14-16)28-2)26-17-10-13-27(15-17)20-19(22)8-5-11-24-20/h4-8,11,14,17H,3,9-10,12-13,15H2,1-2H3,(H2,23,25,26). The molecule has 7 heteroatoms. The molecule has 0 bridgehead atoms.